The van der Waals surface area contributed by atoms with Crippen molar-refractivity contribution in [3.8, 4) is 0 Å². The Bertz CT molecular complexity index is 503. The van der Waals surface area contributed by atoms with Crippen LogP contribution in [0.15, 0.2) is 24.3 Å². The van der Waals surface area contributed by atoms with Gasteiger partial charge in [-0.25, -0.2) is 0 Å². The molecule has 2 fully saturated rings. The lowest BCUT2D eigenvalue weighted by molar-refractivity contribution is -0.120. The monoisotopic (exact) mass is 301 g/mol. The van der Waals surface area contributed by atoms with E-state index in [0.29, 0.717) is 0 Å². The van der Waals surface area contributed by atoms with Gasteiger partial charge in [-0.05, 0) is 56.3 Å². The third-order valence-electron chi connectivity index (χ3n) is 4.93. The molecule has 3 rings (SSSR count). The van der Waals surface area contributed by atoms with Crippen LogP contribution in [0.1, 0.15) is 32.6 Å². The summed E-state index contributed by atoms with van der Waals surface area (Å²) in [6.45, 7) is 6.39. The Morgan fingerprint density at radius 2 is 2.09 bits per heavy atom. The minimum atomic E-state index is 0.105. The first kappa shape index (κ1) is 15.3. The minimum Gasteiger partial charge on any atom is -0.371 e. The van der Waals surface area contributed by atoms with Crippen LogP contribution in [0.5, 0.6) is 0 Å². The fourth-order valence-corrected chi connectivity index (χ4v) is 3.37. The molecule has 4 nitrogen and oxygen atoms in total. The summed E-state index contributed by atoms with van der Waals surface area (Å²) >= 11 is 0. The van der Waals surface area contributed by atoms with Crippen molar-refractivity contribution < 1.29 is 4.79 Å². The zero-order valence-electron chi connectivity index (χ0n) is 13.5. The fraction of sp³-hybridized carbons (Fsp3) is 0.611. The second-order valence-electron chi connectivity index (χ2n) is 6.75. The molecule has 1 aromatic rings. The maximum absolute atomic E-state index is 12.3. The van der Waals surface area contributed by atoms with Crippen LogP contribution in [-0.2, 0) is 4.79 Å². The molecular weight excluding hydrogens is 274 g/mol. The Morgan fingerprint density at radius 3 is 2.82 bits per heavy atom. The lowest BCUT2D eigenvalue weighted by Gasteiger charge is -2.32. The third-order valence-corrected chi connectivity index (χ3v) is 4.93. The van der Waals surface area contributed by atoms with Gasteiger partial charge in [0.1, 0.15) is 0 Å². The van der Waals surface area contributed by atoms with Crippen molar-refractivity contribution in [2.24, 2.45) is 11.8 Å². The van der Waals surface area contributed by atoms with Gasteiger partial charge in [-0.3, -0.25) is 4.79 Å². The highest BCUT2D eigenvalue weighted by Gasteiger charge is 2.21. The molecule has 22 heavy (non-hydrogen) atoms. The topological polar surface area (TPSA) is 44.4 Å². The Labute approximate surface area is 133 Å². The van der Waals surface area contributed by atoms with Crippen molar-refractivity contribution in [1.82, 2.24) is 5.32 Å². The molecule has 2 N–H and O–H groups in total. The molecule has 2 saturated heterocycles. The van der Waals surface area contributed by atoms with E-state index < -0.39 is 0 Å². The average Bonchev–Trinajstić information content (AvgIpc) is 2.56. The molecule has 2 aliphatic heterocycles. The highest BCUT2D eigenvalue weighted by atomic mass is 16.1. The molecule has 0 spiro atoms. The first-order chi connectivity index (χ1) is 10.7. The second kappa shape index (κ2) is 7.14. The number of carbonyl (C=O) groups is 1. The van der Waals surface area contributed by atoms with Crippen LogP contribution < -0.4 is 15.5 Å². The summed E-state index contributed by atoms with van der Waals surface area (Å²) in [6.07, 6.45) is 4.58. The van der Waals surface area contributed by atoms with E-state index in [2.05, 4.69) is 34.6 Å². The molecule has 0 aromatic heterocycles. The first-order valence-electron chi connectivity index (χ1n) is 8.59. The third kappa shape index (κ3) is 3.80. The highest BCUT2D eigenvalue weighted by molar-refractivity contribution is 5.93. The van der Waals surface area contributed by atoms with Crippen LogP contribution in [0.3, 0.4) is 0 Å². The van der Waals surface area contributed by atoms with Gasteiger partial charge >= 0.3 is 0 Å². The maximum Gasteiger partial charge on any atom is 0.228 e. The number of hydrogen-bond acceptors (Lipinski definition) is 3. The van der Waals surface area contributed by atoms with Crippen LogP contribution in [-0.4, -0.2) is 32.1 Å². The number of piperidine rings is 2. The predicted octanol–water partition coefficient (Wildman–Crippen LogP) is 2.86. The Kier molecular flexibility index (Phi) is 4.98. The number of rotatable bonds is 3. The van der Waals surface area contributed by atoms with Gasteiger partial charge in [0.15, 0.2) is 0 Å². The number of nitrogens with zero attached hydrogens (tertiary/aromatic N) is 1. The Hall–Kier alpha value is -1.55. The van der Waals surface area contributed by atoms with E-state index in [-0.39, 0.29) is 11.8 Å². The van der Waals surface area contributed by atoms with Crippen molar-refractivity contribution in [2.75, 3.05) is 36.4 Å². The summed E-state index contributed by atoms with van der Waals surface area (Å²) in [5, 5.41) is 6.39. The molecule has 4 heteroatoms. The van der Waals surface area contributed by atoms with E-state index in [4.69, 9.17) is 0 Å². The molecule has 2 heterocycles. The quantitative estimate of drug-likeness (QED) is 0.902. The number of amides is 1. The molecule has 0 radical (unpaired) electrons. The van der Waals surface area contributed by atoms with Crippen LogP contribution in [0, 0.1) is 11.8 Å². The molecule has 0 bridgehead atoms. The number of carbonyl (C=O) groups excluding carboxylic acids is 1. The zero-order valence-corrected chi connectivity index (χ0v) is 13.5. The van der Waals surface area contributed by atoms with E-state index in [1.54, 1.807) is 0 Å². The van der Waals surface area contributed by atoms with E-state index in [0.717, 1.165) is 50.6 Å². The number of anilines is 2. The smallest absolute Gasteiger partial charge is 0.228 e. The molecule has 0 saturated carbocycles. The number of nitrogens with one attached hydrogen (secondary N) is 2. The van der Waals surface area contributed by atoms with Crippen molar-refractivity contribution in [3.63, 3.8) is 0 Å². The molecule has 1 unspecified atom stereocenters. The molecule has 2 aliphatic rings. The van der Waals surface area contributed by atoms with Gasteiger partial charge in [0.2, 0.25) is 5.91 Å². The van der Waals surface area contributed by atoms with Crippen molar-refractivity contribution in [2.45, 2.75) is 32.6 Å². The maximum atomic E-state index is 12.3. The van der Waals surface area contributed by atoms with Gasteiger partial charge in [0.25, 0.3) is 0 Å². The average molecular weight is 301 g/mol. The van der Waals surface area contributed by atoms with E-state index >= 15 is 0 Å². The Balaban J connectivity index is 1.62. The van der Waals surface area contributed by atoms with Gasteiger partial charge in [-0.1, -0.05) is 13.0 Å². The minimum absolute atomic E-state index is 0.105. The van der Waals surface area contributed by atoms with Gasteiger partial charge in [-0.2, -0.15) is 0 Å². The lowest BCUT2D eigenvalue weighted by Crippen LogP contribution is -2.37. The fourth-order valence-electron chi connectivity index (χ4n) is 3.37. The van der Waals surface area contributed by atoms with Crippen molar-refractivity contribution in [3.05, 3.63) is 24.3 Å². The summed E-state index contributed by atoms with van der Waals surface area (Å²) in [4.78, 5) is 14.8. The van der Waals surface area contributed by atoms with Crippen LogP contribution in [0.2, 0.25) is 0 Å². The summed E-state index contributed by atoms with van der Waals surface area (Å²) in [5.74, 6) is 1.09. The standard InChI is InChI=1S/C18H27N3O/c1-14-7-10-21(11-8-14)17-6-2-5-16(12-17)20-18(22)15-4-3-9-19-13-15/h2,5-6,12,14-15,19H,3-4,7-11,13H2,1H3,(H,20,22). The van der Waals surface area contributed by atoms with Crippen LogP contribution in [0.25, 0.3) is 0 Å². The second-order valence-corrected chi connectivity index (χ2v) is 6.75. The largest absolute Gasteiger partial charge is 0.371 e. The summed E-state index contributed by atoms with van der Waals surface area (Å²) in [7, 11) is 0. The van der Waals surface area contributed by atoms with Gasteiger partial charge in [-0.15, -0.1) is 0 Å². The molecular formula is C18H27N3O. The Morgan fingerprint density at radius 1 is 1.27 bits per heavy atom. The normalized spacial score (nSPS) is 23.3. The van der Waals surface area contributed by atoms with E-state index in [1.807, 2.05) is 12.1 Å². The molecule has 1 amide bonds. The summed E-state index contributed by atoms with van der Waals surface area (Å²) in [5.41, 5.74) is 2.15. The predicted molar refractivity (Wildman–Crippen MR) is 91.3 cm³/mol. The van der Waals surface area contributed by atoms with Gasteiger partial charge < -0.3 is 15.5 Å². The molecule has 1 atom stereocenters. The van der Waals surface area contributed by atoms with Crippen LogP contribution in [0.4, 0.5) is 11.4 Å². The van der Waals surface area contributed by atoms with Gasteiger partial charge in [0.05, 0.1) is 5.92 Å². The number of benzene rings is 1. The summed E-state index contributed by atoms with van der Waals surface area (Å²) in [6, 6.07) is 8.30. The zero-order chi connectivity index (χ0) is 15.4. The van der Waals surface area contributed by atoms with E-state index in [1.165, 1.54) is 18.5 Å². The van der Waals surface area contributed by atoms with Crippen molar-refractivity contribution >= 4 is 17.3 Å². The van der Waals surface area contributed by atoms with E-state index in [9.17, 15) is 4.79 Å². The SMILES string of the molecule is CC1CCN(c2cccc(NC(=O)C3CCCNC3)c2)CC1. The number of hydrogen-bond donors (Lipinski definition) is 2. The lowest BCUT2D eigenvalue weighted by atomic mass is 9.98. The highest BCUT2D eigenvalue weighted by Crippen LogP contribution is 2.25. The summed E-state index contributed by atoms with van der Waals surface area (Å²) < 4.78 is 0. The molecule has 1 aromatic carbocycles. The van der Waals surface area contributed by atoms with Crippen LogP contribution >= 0.6 is 0 Å². The first-order valence-corrected chi connectivity index (χ1v) is 8.59. The van der Waals surface area contributed by atoms with Gasteiger partial charge in [0, 0.05) is 31.0 Å². The molecule has 0 aliphatic carbocycles. The molecule has 120 valence electrons. The van der Waals surface area contributed by atoms with Crippen molar-refractivity contribution in [1.29, 1.82) is 0 Å².